The molecule has 5 nitrogen and oxygen atoms in total. The molecule has 126 valence electrons. The molecule has 1 N–H and O–H groups in total. The first-order valence-corrected chi connectivity index (χ1v) is 7.54. The van der Waals surface area contributed by atoms with E-state index in [1.807, 2.05) is 0 Å². The van der Waals surface area contributed by atoms with E-state index in [0.717, 1.165) is 6.07 Å². The monoisotopic (exact) mass is 359 g/mol. The predicted octanol–water partition coefficient (Wildman–Crippen LogP) is 3.42. The van der Waals surface area contributed by atoms with Crippen molar-refractivity contribution >= 4 is 41.0 Å². The summed E-state index contributed by atoms with van der Waals surface area (Å²) in [5.74, 6) is -2.92. The first-order chi connectivity index (χ1) is 11.8. The first-order valence-electron chi connectivity index (χ1n) is 7.16. The van der Waals surface area contributed by atoms with Gasteiger partial charge in [0, 0.05) is 12.6 Å². The third kappa shape index (κ3) is 2.92. The van der Waals surface area contributed by atoms with Crippen molar-refractivity contribution in [1.82, 2.24) is 0 Å². The van der Waals surface area contributed by atoms with Crippen molar-refractivity contribution in [3.05, 3.63) is 69.5 Å². The Morgan fingerprint density at radius 2 is 1.92 bits per heavy atom. The largest absolute Gasteiger partial charge is 0.478 e. The van der Waals surface area contributed by atoms with Crippen LogP contribution in [0.2, 0.25) is 5.02 Å². The Morgan fingerprint density at radius 1 is 1.20 bits per heavy atom. The average Bonchev–Trinajstić information content (AvgIpc) is 2.59. The van der Waals surface area contributed by atoms with Gasteiger partial charge >= 0.3 is 5.97 Å². The number of carboxylic acids is 1. The van der Waals surface area contributed by atoms with E-state index in [-0.39, 0.29) is 21.7 Å². The van der Waals surface area contributed by atoms with Gasteiger partial charge in [0.1, 0.15) is 5.82 Å². The zero-order chi connectivity index (χ0) is 18.3. The number of hydrogen-bond donors (Lipinski definition) is 1. The van der Waals surface area contributed by atoms with Gasteiger partial charge in [0.25, 0.3) is 5.91 Å². The summed E-state index contributed by atoms with van der Waals surface area (Å²) >= 11 is 5.72. The maximum atomic E-state index is 13.3. The third-order valence-corrected chi connectivity index (χ3v) is 4.17. The third-order valence-electron chi connectivity index (χ3n) is 3.88. The molecule has 1 aliphatic heterocycles. The van der Waals surface area contributed by atoms with E-state index < -0.39 is 23.5 Å². The molecule has 0 spiro atoms. The minimum atomic E-state index is -1.18. The molecule has 0 bridgehead atoms. The van der Waals surface area contributed by atoms with Crippen LogP contribution in [0.25, 0.3) is 6.08 Å². The summed E-state index contributed by atoms with van der Waals surface area (Å²) in [4.78, 5) is 37.6. The number of fused-ring (bicyclic) bond motifs is 1. The Kier molecular flexibility index (Phi) is 4.14. The summed E-state index contributed by atoms with van der Waals surface area (Å²) in [6, 6.07) is 7.79. The first kappa shape index (κ1) is 16.9. The Bertz CT molecular complexity index is 968. The van der Waals surface area contributed by atoms with Gasteiger partial charge in [-0.05, 0) is 42.0 Å². The van der Waals surface area contributed by atoms with Gasteiger partial charge in [-0.25, -0.2) is 9.18 Å². The number of likely N-dealkylation sites (N-methyl/N-ethyl adjacent to an activating group) is 1. The standard InChI is InChI=1S/C18H11ClFNO4/c1-21-15-5-3-10(18(24)25)8-11(15)16(22)12(17(21)23)6-9-2-4-14(20)13(19)7-9/h2-8H,1H3,(H,24,25)/b12-6-. The van der Waals surface area contributed by atoms with Gasteiger partial charge in [-0.1, -0.05) is 17.7 Å². The molecule has 0 aliphatic carbocycles. The highest BCUT2D eigenvalue weighted by molar-refractivity contribution is 6.37. The van der Waals surface area contributed by atoms with Crippen LogP contribution in [0.15, 0.2) is 42.0 Å². The number of Topliss-reactive ketones (excluding diaryl/α,β-unsaturated/α-hetero) is 1. The molecule has 3 rings (SSSR count). The lowest BCUT2D eigenvalue weighted by atomic mass is 9.92. The van der Waals surface area contributed by atoms with Gasteiger partial charge in [0.05, 0.1) is 21.8 Å². The molecule has 2 aromatic rings. The van der Waals surface area contributed by atoms with Crippen molar-refractivity contribution in [2.45, 2.75) is 0 Å². The fourth-order valence-electron chi connectivity index (χ4n) is 2.57. The Hall–Kier alpha value is -2.99. The number of amides is 1. The van der Waals surface area contributed by atoms with Crippen LogP contribution >= 0.6 is 11.6 Å². The minimum Gasteiger partial charge on any atom is -0.478 e. The maximum Gasteiger partial charge on any atom is 0.335 e. The van der Waals surface area contributed by atoms with E-state index in [9.17, 15) is 18.8 Å². The zero-order valence-electron chi connectivity index (χ0n) is 12.9. The predicted molar refractivity (Wildman–Crippen MR) is 90.5 cm³/mol. The van der Waals surface area contributed by atoms with Gasteiger partial charge in [-0.3, -0.25) is 9.59 Å². The van der Waals surface area contributed by atoms with E-state index >= 15 is 0 Å². The average molecular weight is 360 g/mol. The van der Waals surface area contributed by atoms with Crippen molar-refractivity contribution in [3.63, 3.8) is 0 Å². The van der Waals surface area contributed by atoms with Crippen LogP contribution in [0.3, 0.4) is 0 Å². The molecule has 0 saturated heterocycles. The zero-order valence-corrected chi connectivity index (χ0v) is 13.7. The molecule has 1 amide bonds. The summed E-state index contributed by atoms with van der Waals surface area (Å²) in [6.45, 7) is 0. The van der Waals surface area contributed by atoms with E-state index in [1.54, 1.807) is 0 Å². The number of halogens is 2. The molecule has 7 heteroatoms. The summed E-state index contributed by atoms with van der Waals surface area (Å²) < 4.78 is 13.3. The number of anilines is 1. The molecule has 1 aliphatic rings. The van der Waals surface area contributed by atoms with E-state index in [4.69, 9.17) is 16.7 Å². The highest BCUT2D eigenvalue weighted by Crippen LogP contribution is 2.31. The summed E-state index contributed by atoms with van der Waals surface area (Å²) in [5.41, 5.74) is 0.615. The number of carboxylic acid groups (broad SMARTS) is 1. The van der Waals surface area contributed by atoms with Crippen LogP contribution in [0, 0.1) is 5.82 Å². The Balaban J connectivity index is 2.13. The van der Waals surface area contributed by atoms with Crippen molar-refractivity contribution in [2.75, 3.05) is 11.9 Å². The number of carbonyl (C=O) groups is 3. The highest BCUT2D eigenvalue weighted by atomic mass is 35.5. The van der Waals surface area contributed by atoms with Crippen molar-refractivity contribution in [1.29, 1.82) is 0 Å². The molecular formula is C18H11ClFNO4. The van der Waals surface area contributed by atoms with Crippen LogP contribution in [0.1, 0.15) is 26.3 Å². The van der Waals surface area contributed by atoms with Crippen LogP contribution in [-0.2, 0) is 4.79 Å². The summed E-state index contributed by atoms with van der Waals surface area (Å²) in [6.07, 6.45) is 1.31. The van der Waals surface area contributed by atoms with Crippen LogP contribution in [0.4, 0.5) is 10.1 Å². The van der Waals surface area contributed by atoms with E-state index in [0.29, 0.717) is 11.3 Å². The summed E-state index contributed by atoms with van der Waals surface area (Å²) in [7, 11) is 1.49. The lowest BCUT2D eigenvalue weighted by molar-refractivity contribution is -0.114. The molecule has 0 saturated carbocycles. The Labute approximate surface area is 146 Å². The van der Waals surface area contributed by atoms with Gasteiger partial charge < -0.3 is 10.0 Å². The highest BCUT2D eigenvalue weighted by Gasteiger charge is 2.33. The Morgan fingerprint density at radius 3 is 2.56 bits per heavy atom. The molecule has 0 atom stereocenters. The van der Waals surface area contributed by atoms with Gasteiger partial charge in [-0.15, -0.1) is 0 Å². The van der Waals surface area contributed by atoms with Gasteiger partial charge in [0.15, 0.2) is 0 Å². The number of nitrogens with zero attached hydrogens (tertiary/aromatic N) is 1. The van der Waals surface area contributed by atoms with Crippen molar-refractivity contribution in [3.8, 4) is 0 Å². The fourth-order valence-corrected chi connectivity index (χ4v) is 2.76. The second kappa shape index (κ2) is 6.14. The number of benzene rings is 2. The molecule has 0 fully saturated rings. The fraction of sp³-hybridized carbons (Fsp3) is 0.0556. The van der Waals surface area contributed by atoms with Crippen LogP contribution in [-0.4, -0.2) is 29.8 Å². The van der Waals surface area contributed by atoms with Gasteiger partial charge in [0.2, 0.25) is 5.78 Å². The van der Waals surface area contributed by atoms with E-state index in [1.165, 1.54) is 48.4 Å². The van der Waals surface area contributed by atoms with Gasteiger partial charge in [-0.2, -0.15) is 0 Å². The second-order valence-corrected chi connectivity index (χ2v) is 5.87. The number of carbonyl (C=O) groups excluding carboxylic acids is 2. The second-order valence-electron chi connectivity index (χ2n) is 5.46. The van der Waals surface area contributed by atoms with Crippen molar-refractivity contribution in [2.24, 2.45) is 0 Å². The quantitative estimate of drug-likeness (QED) is 0.658. The number of hydrogen-bond acceptors (Lipinski definition) is 3. The number of ketones is 1. The maximum absolute atomic E-state index is 13.3. The molecule has 1 heterocycles. The van der Waals surface area contributed by atoms with Crippen LogP contribution in [0.5, 0.6) is 0 Å². The topological polar surface area (TPSA) is 74.7 Å². The minimum absolute atomic E-state index is 0.0565. The molecule has 0 aromatic heterocycles. The molecule has 25 heavy (non-hydrogen) atoms. The molecule has 2 aromatic carbocycles. The lowest BCUT2D eigenvalue weighted by Gasteiger charge is -2.26. The van der Waals surface area contributed by atoms with Crippen molar-refractivity contribution < 1.29 is 23.9 Å². The smallest absolute Gasteiger partial charge is 0.335 e. The molecule has 0 unspecified atom stereocenters. The number of aromatic carboxylic acids is 1. The molecular weight excluding hydrogens is 349 g/mol. The summed E-state index contributed by atoms with van der Waals surface area (Å²) in [5, 5.41) is 8.96. The van der Waals surface area contributed by atoms with E-state index in [2.05, 4.69) is 0 Å². The lowest BCUT2D eigenvalue weighted by Crippen LogP contribution is -2.36. The molecule has 0 radical (unpaired) electrons. The number of rotatable bonds is 2. The normalized spacial score (nSPS) is 15.5. The van der Waals surface area contributed by atoms with Crippen LogP contribution < -0.4 is 4.90 Å². The SMILES string of the molecule is CN1C(=O)/C(=C\c2ccc(F)c(Cl)c2)C(=O)c2cc(C(=O)O)ccc21.